The van der Waals surface area contributed by atoms with Crippen LogP contribution in [-0.2, 0) is 4.74 Å². The third kappa shape index (κ3) is 3.18. The Kier molecular flexibility index (Phi) is 5.05. The normalized spacial score (nSPS) is 22.9. The Morgan fingerprint density at radius 3 is 2.67 bits per heavy atom. The zero-order chi connectivity index (χ0) is 9.80. The predicted molar refractivity (Wildman–Crippen MR) is 61.3 cm³/mol. The lowest BCUT2D eigenvalue weighted by atomic mass is 10.0. The Morgan fingerprint density at radius 1 is 1.33 bits per heavy atom. The smallest absolute Gasteiger partial charge is 0.0965 e. The van der Waals surface area contributed by atoms with Crippen LogP contribution in [0.4, 0.5) is 0 Å². The number of ether oxygens (including phenoxy) is 1. The molecule has 2 rings (SSSR count). The fourth-order valence-electron chi connectivity index (χ4n) is 1.67. The van der Waals surface area contributed by atoms with Gasteiger partial charge < -0.3 is 15.2 Å². The van der Waals surface area contributed by atoms with E-state index in [1.54, 1.807) is 0 Å². The summed E-state index contributed by atoms with van der Waals surface area (Å²) in [7, 11) is 0. The van der Waals surface area contributed by atoms with Gasteiger partial charge in [-0.3, -0.25) is 0 Å². The number of hydrogen-bond acceptors (Lipinski definition) is 3. The maximum Gasteiger partial charge on any atom is 0.0965 e. The topological polar surface area (TPSA) is 41.5 Å². The molecule has 0 aromatic heterocycles. The highest BCUT2D eigenvalue weighted by Crippen LogP contribution is 2.17. The van der Waals surface area contributed by atoms with E-state index in [2.05, 4.69) is 5.32 Å². The highest BCUT2D eigenvalue weighted by atomic mass is 35.5. The molecule has 1 saturated heterocycles. The molecule has 0 saturated carbocycles. The molecular formula is C11H16ClNO2. The molecule has 3 nitrogen and oxygen atoms in total. The van der Waals surface area contributed by atoms with Crippen LogP contribution in [0, 0.1) is 0 Å². The van der Waals surface area contributed by atoms with E-state index in [1.165, 1.54) is 0 Å². The molecule has 0 amide bonds. The van der Waals surface area contributed by atoms with Crippen molar-refractivity contribution in [3.05, 3.63) is 35.9 Å². The van der Waals surface area contributed by atoms with Crippen molar-refractivity contribution in [3.8, 4) is 0 Å². The first-order chi connectivity index (χ1) is 6.88. The summed E-state index contributed by atoms with van der Waals surface area (Å²) in [4.78, 5) is 0. The summed E-state index contributed by atoms with van der Waals surface area (Å²) in [5, 5.41) is 13.2. The van der Waals surface area contributed by atoms with Crippen molar-refractivity contribution in [1.29, 1.82) is 0 Å². The highest BCUT2D eigenvalue weighted by Gasteiger charge is 2.22. The van der Waals surface area contributed by atoms with Crippen LogP contribution in [0.5, 0.6) is 0 Å². The monoisotopic (exact) mass is 229 g/mol. The first-order valence-corrected chi connectivity index (χ1v) is 4.92. The Bertz CT molecular complexity index is 275. The van der Waals surface area contributed by atoms with Gasteiger partial charge in [-0.1, -0.05) is 30.3 Å². The van der Waals surface area contributed by atoms with Gasteiger partial charge in [-0.05, 0) is 5.56 Å². The number of rotatable bonds is 2. The molecule has 0 radical (unpaired) electrons. The first-order valence-electron chi connectivity index (χ1n) is 4.92. The number of aliphatic hydroxyl groups is 1. The minimum Gasteiger partial charge on any atom is -0.387 e. The number of morpholine rings is 1. The minimum atomic E-state index is -0.475. The van der Waals surface area contributed by atoms with Crippen LogP contribution in [-0.4, -0.2) is 30.9 Å². The minimum absolute atomic E-state index is 0. The third-order valence-corrected chi connectivity index (χ3v) is 2.47. The summed E-state index contributed by atoms with van der Waals surface area (Å²) < 4.78 is 5.30. The Morgan fingerprint density at radius 2 is 2.07 bits per heavy atom. The lowest BCUT2D eigenvalue weighted by Crippen LogP contribution is -2.45. The summed E-state index contributed by atoms with van der Waals surface area (Å²) in [5.41, 5.74) is 0.940. The summed E-state index contributed by atoms with van der Waals surface area (Å²) in [6.07, 6.45) is -0.475. The molecule has 4 heteroatoms. The largest absolute Gasteiger partial charge is 0.387 e. The van der Waals surface area contributed by atoms with Crippen molar-refractivity contribution < 1.29 is 9.84 Å². The fourth-order valence-corrected chi connectivity index (χ4v) is 1.67. The van der Waals surface area contributed by atoms with Crippen LogP contribution < -0.4 is 5.32 Å². The van der Waals surface area contributed by atoms with Gasteiger partial charge in [0.2, 0.25) is 0 Å². The average molecular weight is 230 g/mol. The second-order valence-electron chi connectivity index (χ2n) is 3.49. The Labute approximate surface area is 95.9 Å². The van der Waals surface area contributed by atoms with E-state index in [9.17, 15) is 5.11 Å². The van der Waals surface area contributed by atoms with E-state index in [-0.39, 0.29) is 18.4 Å². The van der Waals surface area contributed by atoms with Crippen molar-refractivity contribution >= 4 is 12.4 Å². The van der Waals surface area contributed by atoms with Crippen molar-refractivity contribution in [2.45, 2.75) is 12.1 Å². The molecule has 0 spiro atoms. The van der Waals surface area contributed by atoms with E-state index in [0.717, 1.165) is 18.7 Å². The first kappa shape index (κ1) is 12.5. The second-order valence-corrected chi connectivity index (χ2v) is 3.49. The Balaban J connectivity index is 0.00000112. The SMILES string of the molecule is Cl.OC(c1ccccc1)[C@H]1COCCN1. The molecule has 2 atom stereocenters. The van der Waals surface area contributed by atoms with Gasteiger partial charge in [0.25, 0.3) is 0 Å². The average Bonchev–Trinajstić information content (AvgIpc) is 2.30. The van der Waals surface area contributed by atoms with Gasteiger partial charge in [0.1, 0.15) is 0 Å². The van der Waals surface area contributed by atoms with Crippen molar-refractivity contribution in [2.24, 2.45) is 0 Å². The van der Waals surface area contributed by atoms with Gasteiger partial charge in [-0.25, -0.2) is 0 Å². The standard InChI is InChI=1S/C11H15NO2.ClH/c13-11(9-4-2-1-3-5-9)10-8-14-7-6-12-10;/h1-5,10-13H,6-8H2;1H/t10-,11?;/m1./s1. The van der Waals surface area contributed by atoms with Gasteiger partial charge in [-0.2, -0.15) is 0 Å². The number of aliphatic hydroxyl groups excluding tert-OH is 1. The van der Waals surface area contributed by atoms with Crippen LogP contribution >= 0.6 is 12.4 Å². The molecular weight excluding hydrogens is 214 g/mol. The van der Waals surface area contributed by atoms with Crippen LogP contribution in [0.2, 0.25) is 0 Å². The summed E-state index contributed by atoms with van der Waals surface area (Å²) in [6.45, 7) is 2.13. The predicted octanol–water partition coefficient (Wildman–Crippen LogP) is 1.13. The van der Waals surface area contributed by atoms with Gasteiger partial charge in [0.15, 0.2) is 0 Å². The molecule has 15 heavy (non-hydrogen) atoms. The maximum absolute atomic E-state index is 10.0. The molecule has 1 heterocycles. The number of halogens is 1. The molecule has 2 N–H and O–H groups in total. The van der Waals surface area contributed by atoms with Crippen LogP contribution in [0.3, 0.4) is 0 Å². The van der Waals surface area contributed by atoms with Gasteiger partial charge in [0, 0.05) is 6.54 Å². The quantitative estimate of drug-likeness (QED) is 0.799. The van der Waals surface area contributed by atoms with E-state index in [1.807, 2.05) is 30.3 Å². The third-order valence-electron chi connectivity index (χ3n) is 2.47. The molecule has 1 aromatic rings. The van der Waals surface area contributed by atoms with Crippen LogP contribution in [0.25, 0.3) is 0 Å². The van der Waals surface area contributed by atoms with Crippen molar-refractivity contribution in [2.75, 3.05) is 19.8 Å². The molecule has 0 aliphatic carbocycles. The zero-order valence-electron chi connectivity index (χ0n) is 8.43. The molecule has 1 unspecified atom stereocenters. The van der Waals surface area contributed by atoms with Crippen LogP contribution in [0.1, 0.15) is 11.7 Å². The lowest BCUT2D eigenvalue weighted by molar-refractivity contribution is 0.0177. The molecule has 1 aromatic carbocycles. The summed E-state index contributed by atoms with van der Waals surface area (Å²) in [6, 6.07) is 9.69. The van der Waals surface area contributed by atoms with Gasteiger partial charge in [-0.15, -0.1) is 12.4 Å². The Hall–Kier alpha value is -0.610. The number of hydrogen-bond donors (Lipinski definition) is 2. The van der Waals surface area contributed by atoms with Gasteiger partial charge in [0.05, 0.1) is 25.4 Å². The fraction of sp³-hybridized carbons (Fsp3) is 0.455. The zero-order valence-corrected chi connectivity index (χ0v) is 9.24. The molecule has 84 valence electrons. The molecule has 1 aliphatic heterocycles. The number of nitrogens with one attached hydrogen (secondary N) is 1. The summed E-state index contributed by atoms with van der Waals surface area (Å²) >= 11 is 0. The number of benzene rings is 1. The summed E-state index contributed by atoms with van der Waals surface area (Å²) in [5.74, 6) is 0. The van der Waals surface area contributed by atoms with E-state index < -0.39 is 6.10 Å². The van der Waals surface area contributed by atoms with Crippen molar-refractivity contribution in [3.63, 3.8) is 0 Å². The molecule has 1 fully saturated rings. The second kappa shape index (κ2) is 6.08. The van der Waals surface area contributed by atoms with E-state index in [0.29, 0.717) is 6.61 Å². The highest BCUT2D eigenvalue weighted by molar-refractivity contribution is 5.85. The van der Waals surface area contributed by atoms with Gasteiger partial charge >= 0.3 is 0 Å². The van der Waals surface area contributed by atoms with Crippen LogP contribution in [0.15, 0.2) is 30.3 Å². The van der Waals surface area contributed by atoms with E-state index >= 15 is 0 Å². The molecule has 1 aliphatic rings. The van der Waals surface area contributed by atoms with E-state index in [4.69, 9.17) is 4.74 Å². The van der Waals surface area contributed by atoms with Crippen molar-refractivity contribution in [1.82, 2.24) is 5.32 Å². The maximum atomic E-state index is 10.0. The molecule has 0 bridgehead atoms. The lowest BCUT2D eigenvalue weighted by Gasteiger charge is -2.28.